The molecule has 4 heteroatoms. The van der Waals surface area contributed by atoms with Gasteiger partial charge in [0.2, 0.25) is 5.91 Å². The lowest BCUT2D eigenvalue weighted by molar-refractivity contribution is -0.146. The molecule has 0 aromatic rings. The van der Waals surface area contributed by atoms with E-state index in [9.17, 15) is 9.59 Å². The molecule has 1 rings (SSSR count). The normalized spacial score (nSPS) is 21.9. The van der Waals surface area contributed by atoms with Crippen molar-refractivity contribution in [3.63, 3.8) is 0 Å². The van der Waals surface area contributed by atoms with Crippen LogP contribution in [-0.4, -0.2) is 35.0 Å². The van der Waals surface area contributed by atoms with Crippen molar-refractivity contribution in [2.45, 2.75) is 40.0 Å². The fourth-order valence-corrected chi connectivity index (χ4v) is 1.97. The highest BCUT2D eigenvalue weighted by atomic mass is 16.4. The quantitative estimate of drug-likeness (QED) is 0.781. The summed E-state index contributed by atoms with van der Waals surface area (Å²) in [7, 11) is 0. The molecule has 0 bridgehead atoms. The van der Waals surface area contributed by atoms with Gasteiger partial charge in [0.25, 0.3) is 0 Å². The van der Waals surface area contributed by atoms with Gasteiger partial charge in [-0.25, -0.2) is 0 Å². The number of aliphatic carboxylic acids is 1. The summed E-state index contributed by atoms with van der Waals surface area (Å²) in [5, 5.41) is 8.93. The monoisotopic (exact) mass is 227 g/mol. The topological polar surface area (TPSA) is 57.6 Å². The summed E-state index contributed by atoms with van der Waals surface area (Å²) in [6.07, 6.45) is 1.97. The van der Waals surface area contributed by atoms with Crippen LogP contribution in [0.3, 0.4) is 0 Å². The van der Waals surface area contributed by atoms with Crippen LogP contribution in [0.15, 0.2) is 0 Å². The van der Waals surface area contributed by atoms with Crippen LogP contribution in [0, 0.1) is 11.3 Å². The molecule has 1 amide bonds. The maximum Gasteiger partial charge on any atom is 0.308 e. The van der Waals surface area contributed by atoms with Crippen molar-refractivity contribution < 1.29 is 14.7 Å². The van der Waals surface area contributed by atoms with Crippen molar-refractivity contribution in [1.82, 2.24) is 4.90 Å². The minimum Gasteiger partial charge on any atom is -0.481 e. The Labute approximate surface area is 96.6 Å². The SMILES string of the molecule is CC(C)(C)CC(=O)N1CCC[C@H](C(=O)O)C1. The van der Waals surface area contributed by atoms with E-state index in [1.165, 1.54) is 0 Å². The number of likely N-dealkylation sites (tertiary alicyclic amines) is 1. The number of nitrogens with zero attached hydrogens (tertiary/aromatic N) is 1. The van der Waals surface area contributed by atoms with E-state index in [1.807, 2.05) is 20.8 Å². The van der Waals surface area contributed by atoms with Gasteiger partial charge in [-0.2, -0.15) is 0 Å². The predicted molar refractivity (Wildman–Crippen MR) is 61.0 cm³/mol. The Kier molecular flexibility index (Phi) is 3.94. The van der Waals surface area contributed by atoms with Gasteiger partial charge < -0.3 is 10.0 Å². The number of carbonyl (C=O) groups is 2. The van der Waals surface area contributed by atoms with Gasteiger partial charge in [-0.15, -0.1) is 0 Å². The molecule has 92 valence electrons. The molecule has 0 radical (unpaired) electrons. The first kappa shape index (κ1) is 13.0. The molecular weight excluding hydrogens is 206 g/mol. The summed E-state index contributed by atoms with van der Waals surface area (Å²) in [5.41, 5.74) is -0.0345. The number of carboxylic acid groups (broad SMARTS) is 1. The van der Waals surface area contributed by atoms with Crippen molar-refractivity contribution in [2.24, 2.45) is 11.3 Å². The zero-order chi connectivity index (χ0) is 12.3. The Morgan fingerprint density at radius 2 is 2.00 bits per heavy atom. The average molecular weight is 227 g/mol. The predicted octanol–water partition coefficient (Wildman–Crippen LogP) is 1.75. The second kappa shape index (κ2) is 4.85. The molecule has 1 fully saturated rings. The summed E-state index contributed by atoms with van der Waals surface area (Å²) in [6, 6.07) is 0. The van der Waals surface area contributed by atoms with Gasteiger partial charge in [0.15, 0.2) is 0 Å². The van der Waals surface area contributed by atoms with E-state index >= 15 is 0 Å². The number of carboxylic acids is 1. The highest BCUT2D eigenvalue weighted by Gasteiger charge is 2.29. The van der Waals surface area contributed by atoms with Crippen LogP contribution in [-0.2, 0) is 9.59 Å². The zero-order valence-electron chi connectivity index (χ0n) is 10.3. The molecule has 0 unspecified atom stereocenters. The Morgan fingerprint density at radius 1 is 1.38 bits per heavy atom. The smallest absolute Gasteiger partial charge is 0.308 e. The molecule has 1 aliphatic heterocycles. The van der Waals surface area contributed by atoms with Crippen molar-refractivity contribution in [3.05, 3.63) is 0 Å². The summed E-state index contributed by atoms with van der Waals surface area (Å²) in [4.78, 5) is 24.5. The number of rotatable bonds is 2. The molecule has 1 N–H and O–H groups in total. The lowest BCUT2D eigenvalue weighted by atomic mass is 9.90. The molecular formula is C12H21NO3. The van der Waals surface area contributed by atoms with Gasteiger partial charge in [-0.1, -0.05) is 20.8 Å². The largest absolute Gasteiger partial charge is 0.481 e. The molecule has 1 aliphatic rings. The minimum absolute atomic E-state index is 0.0345. The third-order valence-electron chi connectivity index (χ3n) is 2.80. The number of hydrogen-bond donors (Lipinski definition) is 1. The first-order chi connectivity index (χ1) is 7.29. The van der Waals surface area contributed by atoms with Crippen LogP contribution < -0.4 is 0 Å². The zero-order valence-corrected chi connectivity index (χ0v) is 10.3. The highest BCUT2D eigenvalue weighted by molar-refractivity contribution is 5.78. The fraction of sp³-hybridized carbons (Fsp3) is 0.833. The third-order valence-corrected chi connectivity index (χ3v) is 2.80. The van der Waals surface area contributed by atoms with Crippen molar-refractivity contribution >= 4 is 11.9 Å². The summed E-state index contributed by atoms with van der Waals surface area (Å²) < 4.78 is 0. The summed E-state index contributed by atoms with van der Waals surface area (Å²) >= 11 is 0. The first-order valence-electron chi connectivity index (χ1n) is 5.80. The molecule has 1 saturated heterocycles. The third kappa shape index (κ3) is 3.83. The Morgan fingerprint density at radius 3 is 2.50 bits per heavy atom. The molecule has 0 aliphatic carbocycles. The lowest BCUT2D eigenvalue weighted by Gasteiger charge is -2.32. The Balaban J connectivity index is 2.54. The van der Waals surface area contributed by atoms with E-state index in [2.05, 4.69) is 0 Å². The average Bonchev–Trinajstić information content (AvgIpc) is 2.15. The van der Waals surface area contributed by atoms with Gasteiger partial charge in [-0.05, 0) is 18.3 Å². The number of hydrogen-bond acceptors (Lipinski definition) is 2. The van der Waals surface area contributed by atoms with E-state index in [4.69, 9.17) is 5.11 Å². The van der Waals surface area contributed by atoms with E-state index in [0.29, 0.717) is 25.9 Å². The standard InChI is InChI=1S/C12H21NO3/c1-12(2,3)7-10(14)13-6-4-5-9(8-13)11(15)16/h9H,4-8H2,1-3H3,(H,15,16)/t9-/m0/s1. The second-order valence-corrected chi connectivity index (χ2v) is 5.75. The van der Waals surface area contributed by atoms with Gasteiger partial charge in [0, 0.05) is 19.5 Å². The van der Waals surface area contributed by atoms with Gasteiger partial charge in [0.05, 0.1) is 5.92 Å². The van der Waals surface area contributed by atoms with Crippen LogP contribution in [0.2, 0.25) is 0 Å². The Hall–Kier alpha value is -1.06. The maximum absolute atomic E-state index is 11.9. The Bertz CT molecular complexity index is 280. The van der Waals surface area contributed by atoms with Gasteiger partial charge in [-0.3, -0.25) is 9.59 Å². The summed E-state index contributed by atoms with van der Waals surface area (Å²) in [6.45, 7) is 7.14. The number of carbonyl (C=O) groups excluding carboxylic acids is 1. The molecule has 1 atom stereocenters. The second-order valence-electron chi connectivity index (χ2n) is 5.75. The molecule has 0 aromatic carbocycles. The number of piperidine rings is 1. The van der Waals surface area contributed by atoms with Crippen molar-refractivity contribution in [2.75, 3.05) is 13.1 Å². The molecule has 16 heavy (non-hydrogen) atoms. The van der Waals surface area contributed by atoms with Crippen molar-refractivity contribution in [3.8, 4) is 0 Å². The van der Waals surface area contributed by atoms with Crippen LogP contribution in [0.4, 0.5) is 0 Å². The summed E-state index contributed by atoms with van der Waals surface area (Å²) in [5.74, 6) is -1.08. The van der Waals surface area contributed by atoms with E-state index in [-0.39, 0.29) is 17.2 Å². The van der Waals surface area contributed by atoms with Gasteiger partial charge in [0.1, 0.15) is 0 Å². The highest BCUT2D eigenvalue weighted by Crippen LogP contribution is 2.23. The van der Waals surface area contributed by atoms with Crippen LogP contribution in [0.5, 0.6) is 0 Å². The van der Waals surface area contributed by atoms with E-state index < -0.39 is 5.97 Å². The lowest BCUT2D eigenvalue weighted by Crippen LogP contribution is -2.43. The molecule has 0 saturated carbocycles. The number of amides is 1. The van der Waals surface area contributed by atoms with E-state index in [1.54, 1.807) is 4.90 Å². The van der Waals surface area contributed by atoms with Crippen LogP contribution in [0.25, 0.3) is 0 Å². The fourth-order valence-electron chi connectivity index (χ4n) is 1.97. The van der Waals surface area contributed by atoms with E-state index in [0.717, 1.165) is 6.42 Å². The maximum atomic E-state index is 11.9. The molecule has 4 nitrogen and oxygen atoms in total. The minimum atomic E-state index is -0.784. The van der Waals surface area contributed by atoms with Gasteiger partial charge >= 0.3 is 5.97 Å². The molecule has 0 spiro atoms. The van der Waals surface area contributed by atoms with Crippen molar-refractivity contribution in [1.29, 1.82) is 0 Å². The first-order valence-corrected chi connectivity index (χ1v) is 5.80. The van der Waals surface area contributed by atoms with Crippen LogP contribution in [0.1, 0.15) is 40.0 Å². The molecule has 1 heterocycles. The van der Waals surface area contributed by atoms with Crippen LogP contribution >= 0.6 is 0 Å². The molecule has 0 aromatic heterocycles.